The van der Waals surface area contributed by atoms with Gasteiger partial charge in [0.2, 0.25) is 0 Å². The molecule has 1 N–H and O–H groups in total. The summed E-state index contributed by atoms with van der Waals surface area (Å²) in [6.45, 7) is 10.9. The highest BCUT2D eigenvalue weighted by atomic mass is 32.1. The van der Waals surface area contributed by atoms with Gasteiger partial charge >= 0.3 is 17.9 Å². The number of carbonyl (C=O) groups is 4. The second-order valence-electron chi connectivity index (χ2n) is 14.7. The van der Waals surface area contributed by atoms with Gasteiger partial charge in [-0.3, -0.25) is 9.59 Å². The van der Waals surface area contributed by atoms with Gasteiger partial charge in [0.05, 0.1) is 11.5 Å². The second-order valence-corrected chi connectivity index (χ2v) is 15.6. The van der Waals surface area contributed by atoms with E-state index >= 15 is 0 Å². The average Bonchev–Trinajstić information content (AvgIpc) is 3.42. The molecule has 10 heteroatoms. The number of esters is 3. The molecule has 0 bridgehead atoms. The lowest BCUT2D eigenvalue weighted by atomic mass is 9.42. The summed E-state index contributed by atoms with van der Waals surface area (Å²) in [4.78, 5) is 53.1. The lowest BCUT2D eigenvalue weighted by Gasteiger charge is -2.61. The van der Waals surface area contributed by atoms with E-state index in [0.29, 0.717) is 31.3 Å². The Hall–Kier alpha value is -3.34. The molecule has 47 heavy (non-hydrogen) atoms. The van der Waals surface area contributed by atoms with Gasteiger partial charge < -0.3 is 24.1 Å². The third-order valence-corrected chi connectivity index (χ3v) is 13.5. The topological polar surface area (TPSA) is 129 Å². The fourth-order valence-corrected chi connectivity index (χ4v) is 10.6. The van der Waals surface area contributed by atoms with E-state index in [0.717, 1.165) is 16.0 Å². The van der Waals surface area contributed by atoms with E-state index in [1.807, 2.05) is 51.3 Å². The lowest BCUT2D eigenvalue weighted by molar-refractivity contribution is -0.225. The molecule has 7 rings (SSSR count). The molecule has 1 aromatic rings. The number of hydrogen-bond acceptors (Lipinski definition) is 10. The van der Waals surface area contributed by atoms with Gasteiger partial charge in [0, 0.05) is 41.2 Å². The molecule has 1 aromatic heterocycles. The molecule has 3 fully saturated rings. The van der Waals surface area contributed by atoms with Crippen LogP contribution in [0.4, 0.5) is 0 Å². The minimum absolute atomic E-state index is 0.126. The minimum Gasteiger partial charge on any atom is -0.458 e. The zero-order valence-corrected chi connectivity index (χ0v) is 28.4. The molecule has 0 amide bonds. The molecule has 250 valence electrons. The molecular formula is C37H42O9S. The van der Waals surface area contributed by atoms with Crippen LogP contribution in [0.3, 0.4) is 0 Å². The van der Waals surface area contributed by atoms with Crippen LogP contribution in [0, 0.1) is 28.6 Å². The van der Waals surface area contributed by atoms with Crippen molar-refractivity contribution in [1.29, 1.82) is 0 Å². The molecule has 3 heterocycles. The van der Waals surface area contributed by atoms with Crippen molar-refractivity contribution < 1.29 is 43.2 Å². The van der Waals surface area contributed by atoms with Crippen molar-refractivity contribution in [3.05, 3.63) is 63.4 Å². The van der Waals surface area contributed by atoms with E-state index in [1.165, 1.54) is 30.4 Å². The van der Waals surface area contributed by atoms with E-state index in [-0.39, 0.29) is 23.6 Å². The van der Waals surface area contributed by atoms with E-state index in [4.69, 9.17) is 18.9 Å². The highest BCUT2D eigenvalue weighted by Crippen LogP contribution is 2.74. The minimum atomic E-state index is -1.55. The van der Waals surface area contributed by atoms with Crippen molar-refractivity contribution in [2.45, 2.75) is 103 Å². The van der Waals surface area contributed by atoms with Crippen molar-refractivity contribution in [1.82, 2.24) is 0 Å². The number of epoxide rings is 1. The Labute approximate surface area is 278 Å². The molecule has 1 saturated heterocycles. The third kappa shape index (κ3) is 4.40. The number of fused-ring (bicyclic) bond motifs is 4. The van der Waals surface area contributed by atoms with E-state index in [1.54, 1.807) is 19.1 Å². The summed E-state index contributed by atoms with van der Waals surface area (Å²) in [5.74, 6) is -2.58. The molecule has 9 nitrogen and oxygen atoms in total. The van der Waals surface area contributed by atoms with Crippen LogP contribution < -0.4 is 0 Å². The van der Waals surface area contributed by atoms with Gasteiger partial charge in [-0.15, -0.1) is 11.3 Å². The summed E-state index contributed by atoms with van der Waals surface area (Å²) in [5, 5.41) is 15.0. The number of thiophene rings is 1. The number of aliphatic hydroxyl groups is 1. The predicted octanol–water partition coefficient (Wildman–Crippen LogP) is 5.28. The summed E-state index contributed by atoms with van der Waals surface area (Å²) in [6.07, 6.45) is 7.54. The molecule has 6 aliphatic rings. The Morgan fingerprint density at radius 2 is 1.91 bits per heavy atom. The Balaban J connectivity index is 1.21. The van der Waals surface area contributed by atoms with E-state index in [9.17, 15) is 24.3 Å². The maximum atomic E-state index is 14.0. The van der Waals surface area contributed by atoms with Gasteiger partial charge in [-0.05, 0) is 87.6 Å². The Bertz CT molecular complexity index is 1670. The highest BCUT2D eigenvalue weighted by molar-refractivity contribution is 7.10. The quantitative estimate of drug-likeness (QED) is 0.142. The van der Waals surface area contributed by atoms with Crippen molar-refractivity contribution in [2.75, 3.05) is 0 Å². The van der Waals surface area contributed by atoms with Crippen LogP contribution in [-0.4, -0.2) is 64.4 Å². The summed E-state index contributed by atoms with van der Waals surface area (Å²) < 4.78 is 24.2. The number of ketones is 1. The second kappa shape index (κ2) is 10.8. The number of carbonyl (C=O) groups excluding carboxylic acids is 4. The first kappa shape index (κ1) is 32.2. The molecule has 0 aromatic carbocycles. The largest absolute Gasteiger partial charge is 0.458 e. The lowest BCUT2D eigenvalue weighted by Crippen LogP contribution is -2.70. The van der Waals surface area contributed by atoms with E-state index in [2.05, 4.69) is 0 Å². The standard InChI is InChI=1S/C37H42O9S/c1-19-16-27(44-33(41)20(19)2)21(3)25-17-30(43-22(4)38)36(42)26-18-31-37(46-31)29(45-32(40)12-9-23-8-7-15-47-23)11-10-28(39)35(37,6)24(26)13-14-34(25,36)5/h7-12,15,17,21,24,26-27,29-31,42H,13-14,16,18H2,1-6H3/b12-9+/t21-,24-,26+,27+,29-,30-,31+,34+,35-,36-,37+/m0/s1. The zero-order chi connectivity index (χ0) is 33.7. The first-order valence-electron chi connectivity index (χ1n) is 16.5. The number of cyclic esters (lactones) is 1. The Morgan fingerprint density at radius 3 is 2.60 bits per heavy atom. The number of rotatable bonds is 6. The first-order chi connectivity index (χ1) is 22.2. The van der Waals surface area contributed by atoms with Gasteiger partial charge in [0.1, 0.15) is 23.4 Å². The molecule has 0 radical (unpaired) electrons. The van der Waals surface area contributed by atoms with Crippen LogP contribution in [0.25, 0.3) is 6.08 Å². The van der Waals surface area contributed by atoms with Crippen LogP contribution in [0.2, 0.25) is 0 Å². The predicted molar refractivity (Wildman–Crippen MR) is 173 cm³/mol. The van der Waals surface area contributed by atoms with Crippen molar-refractivity contribution in [3.8, 4) is 0 Å². The van der Waals surface area contributed by atoms with Crippen LogP contribution in [0.15, 0.2) is 58.5 Å². The Morgan fingerprint density at radius 1 is 1.15 bits per heavy atom. The van der Waals surface area contributed by atoms with Crippen molar-refractivity contribution >= 4 is 41.1 Å². The monoisotopic (exact) mass is 662 g/mol. The van der Waals surface area contributed by atoms with Crippen LogP contribution in [-0.2, 0) is 38.1 Å². The fourth-order valence-electron chi connectivity index (χ4n) is 9.95. The van der Waals surface area contributed by atoms with Crippen molar-refractivity contribution in [3.63, 3.8) is 0 Å². The zero-order valence-electron chi connectivity index (χ0n) is 27.6. The molecular weight excluding hydrogens is 620 g/mol. The number of hydrogen-bond donors (Lipinski definition) is 1. The van der Waals surface area contributed by atoms with Gasteiger partial charge in [0.25, 0.3) is 0 Å². The Kier molecular flexibility index (Phi) is 7.43. The van der Waals surface area contributed by atoms with Gasteiger partial charge in [0.15, 0.2) is 11.9 Å². The smallest absolute Gasteiger partial charge is 0.333 e. The van der Waals surface area contributed by atoms with Gasteiger partial charge in [-0.1, -0.05) is 31.1 Å². The summed E-state index contributed by atoms with van der Waals surface area (Å²) >= 11 is 1.51. The maximum Gasteiger partial charge on any atom is 0.333 e. The SMILES string of the molecule is CC(=O)O[C@H]1C=C([C@H](C)[C@H]2CC(C)=C(C)C(=O)O2)[C@@]2(C)CC[C@H]3[C@@H](C[C@H]4O[C@]45[C@@H](OC(=O)/C=C/c4cccs4)C=CC(=O)[C@]35C)[C@]12O. The first-order valence-corrected chi connectivity index (χ1v) is 17.4. The van der Waals surface area contributed by atoms with Crippen LogP contribution in [0.1, 0.15) is 72.1 Å². The normalized spacial score (nSPS) is 42.5. The number of allylic oxidation sites excluding steroid dienone is 1. The molecule has 2 aliphatic heterocycles. The molecule has 11 atom stereocenters. The fraction of sp³-hybridized carbons (Fsp3) is 0.568. The average molecular weight is 663 g/mol. The molecule has 4 aliphatic carbocycles. The summed E-state index contributed by atoms with van der Waals surface area (Å²) in [6, 6.07) is 3.80. The third-order valence-electron chi connectivity index (χ3n) is 12.7. The van der Waals surface area contributed by atoms with Gasteiger partial charge in [-0.2, -0.15) is 0 Å². The maximum absolute atomic E-state index is 14.0. The highest BCUT2D eigenvalue weighted by Gasteiger charge is 2.83. The summed E-state index contributed by atoms with van der Waals surface area (Å²) in [5.41, 5.74) is -2.04. The van der Waals surface area contributed by atoms with Crippen LogP contribution >= 0.6 is 11.3 Å². The van der Waals surface area contributed by atoms with E-state index < -0.39 is 64.3 Å². The molecule has 2 saturated carbocycles. The molecule has 0 unspecified atom stereocenters. The van der Waals surface area contributed by atoms with Gasteiger partial charge in [-0.25, -0.2) is 9.59 Å². The van der Waals surface area contributed by atoms with Crippen LogP contribution in [0.5, 0.6) is 0 Å². The van der Waals surface area contributed by atoms with Crippen molar-refractivity contribution in [2.24, 2.45) is 28.6 Å². The number of ether oxygens (including phenoxy) is 4. The summed E-state index contributed by atoms with van der Waals surface area (Å²) in [7, 11) is 0. The molecule has 1 spiro atoms.